The molecule has 0 atom stereocenters. The summed E-state index contributed by atoms with van der Waals surface area (Å²) in [6.45, 7) is 2.20. The van der Waals surface area contributed by atoms with Crippen LogP contribution >= 0.6 is 0 Å². The molecule has 88 valence electrons. The number of benzene rings is 2. The topological polar surface area (TPSA) is 53.2 Å². The van der Waals surface area contributed by atoms with E-state index in [4.69, 9.17) is 5.26 Å². The SMILES string of the molecule is Cc1ccc(C#N)cc1-c1ccc(CN=O)cc1. The summed E-state index contributed by atoms with van der Waals surface area (Å²) in [5.41, 5.74) is 4.74. The monoisotopic (exact) mass is 236 g/mol. The van der Waals surface area contributed by atoms with E-state index in [1.807, 2.05) is 49.4 Å². The van der Waals surface area contributed by atoms with Gasteiger partial charge >= 0.3 is 0 Å². The predicted octanol–water partition coefficient (Wildman–Crippen LogP) is 3.80. The van der Waals surface area contributed by atoms with Crippen molar-refractivity contribution in [1.29, 1.82) is 5.26 Å². The van der Waals surface area contributed by atoms with E-state index < -0.39 is 0 Å². The van der Waals surface area contributed by atoms with Gasteiger partial charge in [-0.1, -0.05) is 35.5 Å². The van der Waals surface area contributed by atoms with Gasteiger partial charge in [-0.3, -0.25) is 0 Å². The van der Waals surface area contributed by atoms with Crippen molar-refractivity contribution >= 4 is 0 Å². The third-order valence-corrected chi connectivity index (χ3v) is 2.88. The molecule has 0 bridgehead atoms. The number of hydrogen-bond acceptors (Lipinski definition) is 3. The molecule has 0 N–H and O–H groups in total. The van der Waals surface area contributed by atoms with Gasteiger partial charge in [0.15, 0.2) is 0 Å². The Morgan fingerprint density at radius 3 is 2.50 bits per heavy atom. The Labute approximate surface area is 106 Å². The third-order valence-electron chi connectivity index (χ3n) is 2.88. The van der Waals surface area contributed by atoms with E-state index in [1.165, 1.54) is 0 Å². The van der Waals surface area contributed by atoms with Crippen molar-refractivity contribution in [3.63, 3.8) is 0 Å². The summed E-state index contributed by atoms with van der Waals surface area (Å²) in [4.78, 5) is 10.2. The molecule has 18 heavy (non-hydrogen) atoms. The summed E-state index contributed by atoms with van der Waals surface area (Å²) in [5, 5.41) is 11.8. The Balaban J connectivity index is 2.42. The second-order valence-corrected chi connectivity index (χ2v) is 4.13. The second kappa shape index (κ2) is 5.24. The fourth-order valence-electron chi connectivity index (χ4n) is 1.87. The van der Waals surface area contributed by atoms with Crippen LogP contribution in [0.15, 0.2) is 47.6 Å². The maximum Gasteiger partial charge on any atom is 0.106 e. The number of aryl methyl sites for hydroxylation is 1. The van der Waals surface area contributed by atoms with Gasteiger partial charge in [0, 0.05) is 0 Å². The second-order valence-electron chi connectivity index (χ2n) is 4.13. The number of rotatable bonds is 3. The molecule has 0 saturated carbocycles. The van der Waals surface area contributed by atoms with E-state index in [0.717, 1.165) is 22.3 Å². The molecule has 0 amide bonds. The highest BCUT2D eigenvalue weighted by Gasteiger charge is 2.03. The minimum absolute atomic E-state index is 0.192. The average Bonchev–Trinajstić information content (AvgIpc) is 2.41. The van der Waals surface area contributed by atoms with Crippen LogP contribution in [0.3, 0.4) is 0 Å². The van der Waals surface area contributed by atoms with Crippen molar-refractivity contribution < 1.29 is 0 Å². The van der Waals surface area contributed by atoms with Crippen LogP contribution in [0, 0.1) is 23.2 Å². The van der Waals surface area contributed by atoms with Crippen LogP contribution < -0.4 is 0 Å². The Bertz CT molecular complexity index is 609. The van der Waals surface area contributed by atoms with Crippen LogP contribution in [0.25, 0.3) is 11.1 Å². The van der Waals surface area contributed by atoms with E-state index in [-0.39, 0.29) is 6.54 Å². The van der Waals surface area contributed by atoms with Crippen LogP contribution in [0.1, 0.15) is 16.7 Å². The van der Waals surface area contributed by atoms with Crippen LogP contribution in [0.2, 0.25) is 0 Å². The van der Waals surface area contributed by atoms with Crippen molar-refractivity contribution in [2.24, 2.45) is 5.18 Å². The van der Waals surface area contributed by atoms with Gasteiger partial charge in [0.25, 0.3) is 0 Å². The molecule has 3 nitrogen and oxygen atoms in total. The van der Waals surface area contributed by atoms with Crippen molar-refractivity contribution in [3.05, 3.63) is 64.1 Å². The standard InChI is InChI=1S/C15H12N2O/c1-11-2-3-13(9-16)8-15(11)14-6-4-12(5-7-14)10-17-18/h2-8H,10H2,1H3. The van der Waals surface area contributed by atoms with E-state index in [0.29, 0.717) is 5.56 Å². The van der Waals surface area contributed by atoms with Crippen LogP contribution in [-0.2, 0) is 6.54 Å². The summed E-state index contributed by atoms with van der Waals surface area (Å²) >= 11 is 0. The lowest BCUT2D eigenvalue weighted by Crippen LogP contribution is -1.87. The summed E-state index contributed by atoms with van der Waals surface area (Å²) in [7, 11) is 0. The summed E-state index contributed by atoms with van der Waals surface area (Å²) in [6, 6.07) is 15.4. The van der Waals surface area contributed by atoms with Crippen LogP contribution in [0.4, 0.5) is 0 Å². The Kier molecular flexibility index (Phi) is 3.49. The minimum atomic E-state index is 0.192. The normalized spacial score (nSPS) is 9.78. The fraction of sp³-hybridized carbons (Fsp3) is 0.133. The van der Waals surface area contributed by atoms with Gasteiger partial charge in [0.05, 0.1) is 11.6 Å². The van der Waals surface area contributed by atoms with E-state index >= 15 is 0 Å². The molecular formula is C15H12N2O. The number of nitrogens with zero attached hydrogens (tertiary/aromatic N) is 2. The molecule has 0 aliphatic rings. The molecule has 0 aromatic heterocycles. The van der Waals surface area contributed by atoms with Gasteiger partial charge in [-0.25, -0.2) is 0 Å². The quantitative estimate of drug-likeness (QED) is 0.761. The molecule has 3 heteroatoms. The average molecular weight is 236 g/mol. The lowest BCUT2D eigenvalue weighted by atomic mass is 9.97. The van der Waals surface area contributed by atoms with Gasteiger partial charge in [-0.2, -0.15) is 10.2 Å². The summed E-state index contributed by atoms with van der Waals surface area (Å²) in [6.07, 6.45) is 0. The highest BCUT2D eigenvalue weighted by Crippen LogP contribution is 2.25. The van der Waals surface area contributed by atoms with Crippen molar-refractivity contribution in [3.8, 4) is 17.2 Å². The first-order valence-electron chi connectivity index (χ1n) is 5.64. The fourth-order valence-corrected chi connectivity index (χ4v) is 1.87. The first-order chi connectivity index (χ1) is 8.74. The minimum Gasteiger partial charge on any atom is -0.192 e. The van der Waals surface area contributed by atoms with Gasteiger partial charge in [-0.05, 0) is 41.3 Å². The van der Waals surface area contributed by atoms with Crippen molar-refractivity contribution in [2.45, 2.75) is 13.5 Å². The van der Waals surface area contributed by atoms with Gasteiger partial charge in [0.1, 0.15) is 6.54 Å². The summed E-state index contributed by atoms with van der Waals surface area (Å²) in [5.74, 6) is 0. The van der Waals surface area contributed by atoms with E-state index in [9.17, 15) is 4.91 Å². The van der Waals surface area contributed by atoms with Crippen molar-refractivity contribution in [1.82, 2.24) is 0 Å². The number of hydrogen-bond donors (Lipinski definition) is 0. The molecule has 0 aliphatic carbocycles. The zero-order valence-corrected chi connectivity index (χ0v) is 10.1. The molecule has 0 spiro atoms. The van der Waals surface area contributed by atoms with Gasteiger partial charge < -0.3 is 0 Å². The lowest BCUT2D eigenvalue weighted by Gasteiger charge is -2.07. The van der Waals surface area contributed by atoms with Crippen LogP contribution in [0.5, 0.6) is 0 Å². The molecule has 2 aromatic carbocycles. The maximum atomic E-state index is 10.2. The molecular weight excluding hydrogens is 224 g/mol. The number of nitroso groups, excluding NO2 is 1. The zero-order valence-electron chi connectivity index (χ0n) is 10.1. The molecule has 0 unspecified atom stereocenters. The van der Waals surface area contributed by atoms with Crippen molar-refractivity contribution in [2.75, 3.05) is 0 Å². The van der Waals surface area contributed by atoms with Gasteiger partial charge in [0.2, 0.25) is 0 Å². The first-order valence-corrected chi connectivity index (χ1v) is 5.64. The number of nitriles is 1. The van der Waals surface area contributed by atoms with E-state index in [1.54, 1.807) is 0 Å². The zero-order chi connectivity index (χ0) is 13.0. The maximum absolute atomic E-state index is 10.2. The molecule has 0 heterocycles. The molecule has 0 saturated heterocycles. The largest absolute Gasteiger partial charge is 0.192 e. The highest BCUT2D eigenvalue weighted by atomic mass is 16.3. The lowest BCUT2D eigenvalue weighted by molar-refractivity contribution is 1.06. The van der Waals surface area contributed by atoms with Gasteiger partial charge in [-0.15, -0.1) is 0 Å². The molecule has 0 aliphatic heterocycles. The summed E-state index contributed by atoms with van der Waals surface area (Å²) < 4.78 is 0. The first kappa shape index (κ1) is 12.0. The highest BCUT2D eigenvalue weighted by molar-refractivity contribution is 5.69. The van der Waals surface area contributed by atoms with E-state index in [2.05, 4.69) is 11.2 Å². The Morgan fingerprint density at radius 2 is 1.89 bits per heavy atom. The molecule has 0 fully saturated rings. The Hall–Kier alpha value is -2.47. The smallest absolute Gasteiger partial charge is 0.106 e. The van der Waals surface area contributed by atoms with Crippen LogP contribution in [-0.4, -0.2) is 0 Å². The predicted molar refractivity (Wildman–Crippen MR) is 70.8 cm³/mol. The Morgan fingerprint density at radius 1 is 1.17 bits per heavy atom. The third kappa shape index (κ3) is 2.44. The molecule has 0 radical (unpaired) electrons. The molecule has 2 rings (SSSR count). The molecule has 2 aromatic rings.